The first-order valence-electron chi connectivity index (χ1n) is 7.82. The van der Waals surface area contributed by atoms with Gasteiger partial charge in [0.2, 0.25) is 5.91 Å². The van der Waals surface area contributed by atoms with Crippen LogP contribution in [0.4, 0.5) is 11.4 Å². The standard InChI is InChI=1S/C19H24N2O2/c1-13(2)23-17-8-6-16(7-9-17)21-19(22)12-20-18-10-5-14(3)11-15(18)4/h5-11,13,20H,12H2,1-4H3,(H,21,22). The van der Waals surface area contributed by atoms with Crippen LogP contribution in [-0.4, -0.2) is 18.6 Å². The Balaban J connectivity index is 1.87. The van der Waals surface area contributed by atoms with Crippen LogP contribution in [0.1, 0.15) is 25.0 Å². The van der Waals surface area contributed by atoms with Gasteiger partial charge in [0, 0.05) is 11.4 Å². The molecule has 2 rings (SSSR count). The molecule has 4 heteroatoms. The Morgan fingerprint density at radius 2 is 1.78 bits per heavy atom. The van der Waals surface area contributed by atoms with Gasteiger partial charge in [-0.1, -0.05) is 17.7 Å². The molecule has 2 aromatic carbocycles. The Morgan fingerprint density at radius 3 is 2.39 bits per heavy atom. The molecule has 0 spiro atoms. The Morgan fingerprint density at radius 1 is 1.09 bits per heavy atom. The highest BCUT2D eigenvalue weighted by atomic mass is 16.5. The molecule has 0 unspecified atom stereocenters. The fourth-order valence-electron chi connectivity index (χ4n) is 2.28. The molecule has 2 aromatic rings. The van der Waals surface area contributed by atoms with E-state index in [9.17, 15) is 4.79 Å². The summed E-state index contributed by atoms with van der Waals surface area (Å²) in [5.41, 5.74) is 4.08. The summed E-state index contributed by atoms with van der Waals surface area (Å²) in [6, 6.07) is 13.5. The Bertz CT molecular complexity index is 664. The number of hydrogen-bond acceptors (Lipinski definition) is 3. The van der Waals surface area contributed by atoms with E-state index in [0.29, 0.717) is 0 Å². The van der Waals surface area contributed by atoms with Crippen molar-refractivity contribution in [1.29, 1.82) is 0 Å². The van der Waals surface area contributed by atoms with Crippen LogP contribution in [0.15, 0.2) is 42.5 Å². The van der Waals surface area contributed by atoms with Crippen LogP contribution in [0.3, 0.4) is 0 Å². The Labute approximate surface area is 137 Å². The maximum absolute atomic E-state index is 12.0. The van der Waals surface area contributed by atoms with Gasteiger partial charge in [0.05, 0.1) is 12.6 Å². The molecular weight excluding hydrogens is 288 g/mol. The molecule has 0 aliphatic carbocycles. The van der Waals surface area contributed by atoms with Crippen molar-refractivity contribution in [2.24, 2.45) is 0 Å². The van der Waals surface area contributed by atoms with Crippen LogP contribution in [-0.2, 0) is 4.79 Å². The van der Waals surface area contributed by atoms with Crippen LogP contribution < -0.4 is 15.4 Å². The van der Waals surface area contributed by atoms with Gasteiger partial charge < -0.3 is 15.4 Å². The molecule has 122 valence electrons. The molecular formula is C19H24N2O2. The minimum atomic E-state index is -0.0810. The zero-order valence-corrected chi connectivity index (χ0v) is 14.1. The van der Waals surface area contributed by atoms with Crippen LogP contribution in [0.25, 0.3) is 0 Å². The van der Waals surface area contributed by atoms with Gasteiger partial charge in [-0.15, -0.1) is 0 Å². The van der Waals surface area contributed by atoms with Gasteiger partial charge in [-0.25, -0.2) is 0 Å². The minimum Gasteiger partial charge on any atom is -0.491 e. The molecule has 0 heterocycles. The van der Waals surface area contributed by atoms with E-state index < -0.39 is 0 Å². The normalized spacial score (nSPS) is 10.5. The van der Waals surface area contributed by atoms with Crippen molar-refractivity contribution in [3.8, 4) is 5.75 Å². The molecule has 1 amide bonds. The van der Waals surface area contributed by atoms with E-state index in [1.807, 2.05) is 57.2 Å². The minimum absolute atomic E-state index is 0.0810. The van der Waals surface area contributed by atoms with E-state index in [2.05, 4.69) is 23.6 Å². The highest BCUT2D eigenvalue weighted by Crippen LogP contribution is 2.18. The number of anilines is 2. The highest BCUT2D eigenvalue weighted by molar-refractivity contribution is 5.93. The van der Waals surface area contributed by atoms with Gasteiger partial charge in [-0.05, 0) is 63.6 Å². The zero-order valence-electron chi connectivity index (χ0n) is 14.1. The second-order valence-corrected chi connectivity index (χ2v) is 5.91. The number of aryl methyl sites for hydroxylation is 2. The number of benzene rings is 2. The molecule has 0 aliphatic heterocycles. The quantitative estimate of drug-likeness (QED) is 0.843. The molecule has 2 N–H and O–H groups in total. The van der Waals surface area contributed by atoms with Crippen molar-refractivity contribution in [2.75, 3.05) is 17.2 Å². The summed E-state index contributed by atoms with van der Waals surface area (Å²) in [4.78, 5) is 12.0. The third-order valence-electron chi connectivity index (χ3n) is 3.33. The Kier molecular flexibility index (Phi) is 5.63. The van der Waals surface area contributed by atoms with Crippen molar-refractivity contribution in [2.45, 2.75) is 33.8 Å². The largest absolute Gasteiger partial charge is 0.491 e. The summed E-state index contributed by atoms with van der Waals surface area (Å²) in [7, 11) is 0. The second kappa shape index (κ2) is 7.68. The fraction of sp³-hybridized carbons (Fsp3) is 0.316. The first kappa shape index (κ1) is 16.9. The molecule has 0 aliphatic rings. The number of carbonyl (C=O) groups excluding carboxylic acids is 1. The van der Waals surface area contributed by atoms with Crippen LogP contribution >= 0.6 is 0 Å². The molecule has 0 radical (unpaired) electrons. The summed E-state index contributed by atoms with van der Waals surface area (Å²) in [5, 5.41) is 6.03. The number of carbonyl (C=O) groups is 1. The molecule has 23 heavy (non-hydrogen) atoms. The van der Waals surface area contributed by atoms with Gasteiger partial charge in [0.1, 0.15) is 5.75 Å². The monoisotopic (exact) mass is 312 g/mol. The first-order valence-corrected chi connectivity index (χ1v) is 7.82. The molecule has 0 atom stereocenters. The highest BCUT2D eigenvalue weighted by Gasteiger charge is 2.05. The summed E-state index contributed by atoms with van der Waals surface area (Å²) in [5.74, 6) is 0.717. The van der Waals surface area contributed by atoms with Crippen molar-refractivity contribution < 1.29 is 9.53 Å². The number of nitrogens with one attached hydrogen (secondary N) is 2. The predicted octanol–water partition coefficient (Wildman–Crippen LogP) is 4.14. The van der Waals surface area contributed by atoms with Crippen molar-refractivity contribution in [1.82, 2.24) is 0 Å². The van der Waals surface area contributed by atoms with Crippen LogP contribution in [0, 0.1) is 13.8 Å². The lowest BCUT2D eigenvalue weighted by molar-refractivity contribution is -0.114. The maximum Gasteiger partial charge on any atom is 0.243 e. The maximum atomic E-state index is 12.0. The summed E-state index contributed by atoms with van der Waals surface area (Å²) < 4.78 is 5.58. The SMILES string of the molecule is Cc1ccc(NCC(=O)Nc2ccc(OC(C)C)cc2)c(C)c1. The molecule has 0 saturated carbocycles. The Hall–Kier alpha value is -2.49. The lowest BCUT2D eigenvalue weighted by Crippen LogP contribution is -2.22. The van der Waals surface area contributed by atoms with Gasteiger partial charge in [-0.3, -0.25) is 4.79 Å². The van der Waals surface area contributed by atoms with Crippen molar-refractivity contribution >= 4 is 17.3 Å². The van der Waals surface area contributed by atoms with E-state index in [1.165, 1.54) is 5.56 Å². The molecule has 0 saturated heterocycles. The summed E-state index contributed by atoms with van der Waals surface area (Å²) >= 11 is 0. The third-order valence-corrected chi connectivity index (χ3v) is 3.33. The average molecular weight is 312 g/mol. The van der Waals surface area contributed by atoms with E-state index in [1.54, 1.807) is 0 Å². The van der Waals surface area contributed by atoms with Gasteiger partial charge in [0.25, 0.3) is 0 Å². The summed E-state index contributed by atoms with van der Waals surface area (Å²) in [6.45, 7) is 8.27. The van der Waals surface area contributed by atoms with Crippen molar-refractivity contribution in [3.05, 3.63) is 53.6 Å². The van der Waals surface area contributed by atoms with Gasteiger partial charge in [-0.2, -0.15) is 0 Å². The molecule has 0 bridgehead atoms. The molecule has 0 fully saturated rings. The van der Waals surface area contributed by atoms with E-state index in [4.69, 9.17) is 4.74 Å². The lowest BCUT2D eigenvalue weighted by atomic mass is 10.1. The zero-order chi connectivity index (χ0) is 16.8. The predicted molar refractivity (Wildman–Crippen MR) is 95.2 cm³/mol. The molecule has 4 nitrogen and oxygen atoms in total. The van der Waals surface area contributed by atoms with Gasteiger partial charge >= 0.3 is 0 Å². The van der Waals surface area contributed by atoms with Crippen molar-refractivity contribution in [3.63, 3.8) is 0 Å². The molecule has 0 aromatic heterocycles. The van der Waals surface area contributed by atoms with Crippen LogP contribution in [0.5, 0.6) is 5.75 Å². The number of ether oxygens (including phenoxy) is 1. The number of amides is 1. The third kappa shape index (κ3) is 5.33. The smallest absolute Gasteiger partial charge is 0.243 e. The number of rotatable bonds is 6. The summed E-state index contributed by atoms with van der Waals surface area (Å²) in [6.07, 6.45) is 0.136. The lowest BCUT2D eigenvalue weighted by Gasteiger charge is -2.12. The van der Waals surface area contributed by atoms with Gasteiger partial charge in [0.15, 0.2) is 0 Å². The van der Waals surface area contributed by atoms with E-state index in [0.717, 1.165) is 22.7 Å². The van der Waals surface area contributed by atoms with Crippen LogP contribution in [0.2, 0.25) is 0 Å². The topological polar surface area (TPSA) is 50.4 Å². The fourth-order valence-corrected chi connectivity index (χ4v) is 2.28. The number of hydrogen-bond donors (Lipinski definition) is 2. The average Bonchev–Trinajstić information content (AvgIpc) is 2.48. The van der Waals surface area contributed by atoms with E-state index in [-0.39, 0.29) is 18.6 Å². The second-order valence-electron chi connectivity index (χ2n) is 5.91. The first-order chi connectivity index (χ1) is 10.9. The van der Waals surface area contributed by atoms with E-state index >= 15 is 0 Å².